The van der Waals surface area contributed by atoms with E-state index in [1.54, 1.807) is 0 Å². The number of hydrogen-bond acceptors (Lipinski definition) is 4. The summed E-state index contributed by atoms with van der Waals surface area (Å²) >= 11 is 0. The zero-order valence-corrected chi connectivity index (χ0v) is 15.8. The Labute approximate surface area is 155 Å². The van der Waals surface area contributed by atoms with Gasteiger partial charge in [-0.1, -0.05) is 0 Å². The molecule has 0 saturated heterocycles. The summed E-state index contributed by atoms with van der Waals surface area (Å²) in [5.74, 6) is 1.88. The summed E-state index contributed by atoms with van der Waals surface area (Å²) in [7, 11) is 6.09. The van der Waals surface area contributed by atoms with Gasteiger partial charge in [-0.15, -0.1) is 0 Å². The van der Waals surface area contributed by atoms with Crippen molar-refractivity contribution in [2.75, 3.05) is 27.2 Å². The normalized spacial score (nSPS) is 11.2. The molecule has 6 nitrogen and oxygen atoms in total. The van der Waals surface area contributed by atoms with Crippen molar-refractivity contribution in [1.82, 2.24) is 24.2 Å². The first-order valence-corrected chi connectivity index (χ1v) is 8.98. The van der Waals surface area contributed by atoms with Crippen LogP contribution in [0, 0.1) is 0 Å². The standard InChI is InChI=1S/C20H27N5O/c1-23(2)11-4-14-26-19-7-5-18(6-8-19)20-21-10-13-25(20)12-9-17-15-22-24(3)16-17/h5-8,10,13,15-16H,4,9,11-12,14H2,1-3H3. The molecule has 1 aromatic carbocycles. The summed E-state index contributed by atoms with van der Waals surface area (Å²) in [5.41, 5.74) is 2.33. The number of aryl methyl sites for hydroxylation is 3. The monoisotopic (exact) mass is 353 g/mol. The van der Waals surface area contributed by atoms with Crippen molar-refractivity contribution in [3.63, 3.8) is 0 Å². The van der Waals surface area contributed by atoms with Crippen molar-refractivity contribution in [2.24, 2.45) is 7.05 Å². The van der Waals surface area contributed by atoms with Crippen LogP contribution in [0.5, 0.6) is 5.75 Å². The van der Waals surface area contributed by atoms with Crippen LogP contribution in [0.25, 0.3) is 11.4 Å². The molecule has 0 aliphatic rings. The highest BCUT2D eigenvalue weighted by Crippen LogP contribution is 2.21. The zero-order valence-electron chi connectivity index (χ0n) is 15.8. The van der Waals surface area contributed by atoms with E-state index >= 15 is 0 Å². The summed E-state index contributed by atoms with van der Waals surface area (Å²) in [4.78, 5) is 6.69. The van der Waals surface area contributed by atoms with Gasteiger partial charge < -0.3 is 14.2 Å². The lowest BCUT2D eigenvalue weighted by Crippen LogP contribution is -2.15. The van der Waals surface area contributed by atoms with Gasteiger partial charge in [-0.25, -0.2) is 4.98 Å². The lowest BCUT2D eigenvalue weighted by Gasteiger charge is -2.11. The quantitative estimate of drug-likeness (QED) is 0.555. The Morgan fingerprint density at radius 1 is 1.15 bits per heavy atom. The Hall–Kier alpha value is -2.60. The van der Waals surface area contributed by atoms with E-state index in [-0.39, 0.29) is 0 Å². The van der Waals surface area contributed by atoms with Crippen LogP contribution in [0.3, 0.4) is 0 Å². The van der Waals surface area contributed by atoms with E-state index < -0.39 is 0 Å². The lowest BCUT2D eigenvalue weighted by atomic mass is 10.2. The molecule has 138 valence electrons. The molecular weight excluding hydrogens is 326 g/mol. The molecule has 2 heterocycles. The molecule has 0 N–H and O–H groups in total. The Morgan fingerprint density at radius 2 is 1.96 bits per heavy atom. The minimum absolute atomic E-state index is 0.733. The van der Waals surface area contributed by atoms with Gasteiger partial charge in [-0.3, -0.25) is 4.68 Å². The molecule has 0 radical (unpaired) electrons. The van der Waals surface area contributed by atoms with Crippen LogP contribution < -0.4 is 4.74 Å². The van der Waals surface area contributed by atoms with E-state index in [2.05, 4.69) is 52.0 Å². The number of hydrogen-bond donors (Lipinski definition) is 0. The summed E-state index contributed by atoms with van der Waals surface area (Å²) in [6.07, 6.45) is 9.80. The molecule has 0 saturated carbocycles. The van der Waals surface area contributed by atoms with Crippen molar-refractivity contribution in [3.8, 4) is 17.1 Å². The summed E-state index contributed by atoms with van der Waals surface area (Å²) in [5, 5.41) is 4.22. The highest BCUT2D eigenvalue weighted by molar-refractivity contribution is 5.56. The van der Waals surface area contributed by atoms with Crippen LogP contribution in [-0.2, 0) is 20.0 Å². The van der Waals surface area contributed by atoms with Gasteiger partial charge in [0.05, 0.1) is 12.8 Å². The third-order valence-corrected chi connectivity index (χ3v) is 4.25. The first kappa shape index (κ1) is 18.2. The van der Waals surface area contributed by atoms with Gasteiger partial charge in [0.15, 0.2) is 0 Å². The van der Waals surface area contributed by atoms with Crippen molar-refractivity contribution in [2.45, 2.75) is 19.4 Å². The average molecular weight is 353 g/mol. The fraction of sp³-hybridized carbons (Fsp3) is 0.400. The Bertz CT molecular complexity index is 804. The second-order valence-corrected chi connectivity index (χ2v) is 6.75. The van der Waals surface area contributed by atoms with Gasteiger partial charge in [0.25, 0.3) is 0 Å². The van der Waals surface area contributed by atoms with Crippen molar-refractivity contribution in [3.05, 3.63) is 54.6 Å². The molecule has 0 fully saturated rings. The van der Waals surface area contributed by atoms with Crippen LogP contribution in [0.4, 0.5) is 0 Å². The molecule has 0 unspecified atom stereocenters. The highest BCUT2D eigenvalue weighted by Gasteiger charge is 2.07. The second kappa shape index (κ2) is 8.67. The topological polar surface area (TPSA) is 48.1 Å². The van der Waals surface area contributed by atoms with E-state index in [1.165, 1.54) is 5.56 Å². The molecule has 2 aromatic heterocycles. The first-order valence-electron chi connectivity index (χ1n) is 8.98. The van der Waals surface area contributed by atoms with E-state index in [1.807, 2.05) is 42.5 Å². The van der Waals surface area contributed by atoms with Crippen LogP contribution in [0.2, 0.25) is 0 Å². The lowest BCUT2D eigenvalue weighted by molar-refractivity contribution is 0.281. The van der Waals surface area contributed by atoms with Gasteiger partial charge in [-0.2, -0.15) is 5.10 Å². The minimum atomic E-state index is 0.733. The Balaban J connectivity index is 1.58. The van der Waals surface area contributed by atoms with Crippen LogP contribution in [-0.4, -0.2) is 51.5 Å². The SMILES string of the molecule is CN(C)CCCOc1ccc(-c2nccn2CCc2cnn(C)c2)cc1. The largest absolute Gasteiger partial charge is 0.494 e. The van der Waals surface area contributed by atoms with Crippen LogP contribution >= 0.6 is 0 Å². The molecule has 3 aromatic rings. The minimum Gasteiger partial charge on any atom is -0.494 e. The van der Waals surface area contributed by atoms with Crippen molar-refractivity contribution in [1.29, 1.82) is 0 Å². The van der Waals surface area contributed by atoms with Crippen LogP contribution in [0.1, 0.15) is 12.0 Å². The van der Waals surface area contributed by atoms with Gasteiger partial charge in [-0.05, 0) is 56.8 Å². The third kappa shape index (κ3) is 4.95. The Kier molecular flexibility index (Phi) is 6.07. The predicted octanol–water partition coefficient (Wildman–Crippen LogP) is 2.86. The third-order valence-electron chi connectivity index (χ3n) is 4.25. The van der Waals surface area contributed by atoms with Gasteiger partial charge in [0.2, 0.25) is 0 Å². The second-order valence-electron chi connectivity index (χ2n) is 6.75. The number of imidazole rings is 1. The zero-order chi connectivity index (χ0) is 18.4. The van der Waals surface area contributed by atoms with E-state index in [0.717, 1.165) is 49.7 Å². The first-order chi connectivity index (χ1) is 12.6. The number of aromatic nitrogens is 4. The summed E-state index contributed by atoms with van der Waals surface area (Å²) in [6, 6.07) is 8.19. The van der Waals surface area contributed by atoms with Gasteiger partial charge >= 0.3 is 0 Å². The number of rotatable bonds is 9. The molecule has 0 atom stereocenters. The van der Waals surface area contributed by atoms with Gasteiger partial charge in [0, 0.05) is 44.3 Å². The molecule has 0 bridgehead atoms. The fourth-order valence-electron chi connectivity index (χ4n) is 2.87. The average Bonchev–Trinajstić information content (AvgIpc) is 3.26. The smallest absolute Gasteiger partial charge is 0.139 e. The fourth-order valence-corrected chi connectivity index (χ4v) is 2.87. The van der Waals surface area contributed by atoms with E-state index in [4.69, 9.17) is 4.74 Å². The number of benzene rings is 1. The number of nitrogens with zero attached hydrogens (tertiary/aromatic N) is 5. The molecular formula is C20H27N5O. The maximum atomic E-state index is 5.80. The predicted molar refractivity (Wildman–Crippen MR) is 103 cm³/mol. The molecule has 6 heteroatoms. The molecule has 26 heavy (non-hydrogen) atoms. The molecule has 0 spiro atoms. The molecule has 0 aliphatic heterocycles. The summed E-state index contributed by atoms with van der Waals surface area (Å²) in [6.45, 7) is 2.65. The Morgan fingerprint density at radius 3 is 2.65 bits per heavy atom. The van der Waals surface area contributed by atoms with E-state index in [9.17, 15) is 0 Å². The summed E-state index contributed by atoms with van der Waals surface area (Å²) < 4.78 is 9.82. The van der Waals surface area contributed by atoms with Crippen molar-refractivity contribution < 1.29 is 4.74 Å². The molecule has 0 amide bonds. The maximum Gasteiger partial charge on any atom is 0.139 e. The van der Waals surface area contributed by atoms with Crippen molar-refractivity contribution >= 4 is 0 Å². The molecule has 0 aliphatic carbocycles. The molecule has 3 rings (SSSR count). The van der Waals surface area contributed by atoms with Crippen LogP contribution in [0.15, 0.2) is 49.1 Å². The number of ether oxygens (including phenoxy) is 1. The van der Waals surface area contributed by atoms with Gasteiger partial charge in [0.1, 0.15) is 11.6 Å². The van der Waals surface area contributed by atoms with E-state index in [0.29, 0.717) is 0 Å². The highest BCUT2D eigenvalue weighted by atomic mass is 16.5. The maximum absolute atomic E-state index is 5.80.